The number of nitrogens with one attached hydrogen (secondary N) is 1. The van der Waals surface area contributed by atoms with Crippen LogP contribution in [0.5, 0.6) is 0 Å². The van der Waals surface area contributed by atoms with E-state index in [1.807, 2.05) is 0 Å². The molecule has 0 spiro atoms. The lowest BCUT2D eigenvalue weighted by atomic mass is 9.93. The Morgan fingerprint density at radius 3 is 2.79 bits per heavy atom. The number of fused-ring (bicyclic) bond motifs is 1. The molecule has 1 atom stereocenters. The average molecular weight is 258 g/mol. The summed E-state index contributed by atoms with van der Waals surface area (Å²) in [5.41, 5.74) is 2.88. The second-order valence-corrected chi connectivity index (χ2v) is 6.23. The van der Waals surface area contributed by atoms with Crippen molar-refractivity contribution in [1.29, 1.82) is 0 Å². The highest BCUT2D eigenvalue weighted by Gasteiger charge is 2.23. The van der Waals surface area contributed by atoms with Gasteiger partial charge in [0.2, 0.25) is 0 Å². The predicted molar refractivity (Wildman–Crippen MR) is 81.8 cm³/mol. The molecule has 19 heavy (non-hydrogen) atoms. The molecule has 2 aliphatic rings. The minimum absolute atomic E-state index is 0.710. The van der Waals surface area contributed by atoms with E-state index in [0.717, 1.165) is 12.6 Å². The van der Waals surface area contributed by atoms with Crippen molar-refractivity contribution in [2.75, 3.05) is 25.5 Å². The third-order valence-electron chi connectivity index (χ3n) is 4.97. The van der Waals surface area contributed by atoms with E-state index in [1.54, 1.807) is 0 Å². The van der Waals surface area contributed by atoms with E-state index in [0.29, 0.717) is 5.92 Å². The molecule has 1 aromatic carbocycles. The number of nitrogens with zero attached hydrogens (tertiary/aromatic N) is 1. The van der Waals surface area contributed by atoms with Gasteiger partial charge in [0.25, 0.3) is 0 Å². The predicted octanol–water partition coefficient (Wildman–Crippen LogP) is 3.85. The van der Waals surface area contributed by atoms with E-state index >= 15 is 0 Å². The molecule has 1 unspecified atom stereocenters. The monoisotopic (exact) mass is 258 g/mol. The number of anilines is 1. The Morgan fingerprint density at radius 2 is 1.95 bits per heavy atom. The summed E-state index contributed by atoms with van der Waals surface area (Å²) in [6, 6.07) is 9.64. The first-order valence-corrected chi connectivity index (χ1v) is 7.87. The van der Waals surface area contributed by atoms with Crippen molar-refractivity contribution in [3.05, 3.63) is 29.8 Å². The van der Waals surface area contributed by atoms with E-state index in [4.69, 9.17) is 0 Å². The molecular weight excluding hydrogens is 232 g/mol. The second kappa shape index (κ2) is 5.96. The molecule has 1 aliphatic heterocycles. The molecule has 2 nitrogen and oxygen atoms in total. The quantitative estimate of drug-likeness (QED) is 0.882. The number of hydrogen-bond acceptors (Lipinski definition) is 2. The Kier molecular flexibility index (Phi) is 4.07. The molecule has 2 heteroatoms. The first-order valence-electron chi connectivity index (χ1n) is 7.87. The summed E-state index contributed by atoms with van der Waals surface area (Å²) in [6.45, 7) is 2.36. The summed E-state index contributed by atoms with van der Waals surface area (Å²) in [6.07, 6.45) is 8.43. The Bertz CT molecular complexity index is 409. The summed E-state index contributed by atoms with van der Waals surface area (Å²) in [4.78, 5) is 2.61. The first kappa shape index (κ1) is 13.0. The summed E-state index contributed by atoms with van der Waals surface area (Å²) in [5.74, 6) is 0.710. The molecule has 0 aromatic heterocycles. The van der Waals surface area contributed by atoms with Crippen LogP contribution in [0.4, 0.5) is 5.69 Å². The molecule has 1 heterocycles. The van der Waals surface area contributed by atoms with Gasteiger partial charge in [-0.1, -0.05) is 37.5 Å². The molecule has 1 N–H and O–H groups in total. The zero-order chi connectivity index (χ0) is 13.1. The summed E-state index contributed by atoms with van der Waals surface area (Å²) >= 11 is 0. The fourth-order valence-electron chi connectivity index (χ4n) is 3.68. The van der Waals surface area contributed by atoms with Crippen molar-refractivity contribution < 1.29 is 0 Å². The number of para-hydroxylation sites is 1. The Labute approximate surface area is 117 Å². The van der Waals surface area contributed by atoms with Crippen molar-refractivity contribution in [2.45, 2.75) is 50.5 Å². The van der Waals surface area contributed by atoms with Crippen LogP contribution >= 0.6 is 0 Å². The van der Waals surface area contributed by atoms with Crippen LogP contribution in [0, 0.1) is 0 Å². The van der Waals surface area contributed by atoms with E-state index in [1.165, 1.54) is 56.3 Å². The van der Waals surface area contributed by atoms with Gasteiger partial charge in [-0.3, -0.25) is 0 Å². The third-order valence-corrected chi connectivity index (χ3v) is 4.97. The zero-order valence-corrected chi connectivity index (χ0v) is 12.1. The molecule has 3 rings (SSSR count). The molecule has 0 radical (unpaired) electrons. The molecule has 1 aromatic rings. The summed E-state index contributed by atoms with van der Waals surface area (Å²) in [7, 11) is 2.32. The van der Waals surface area contributed by atoms with Gasteiger partial charge in [0.1, 0.15) is 0 Å². The first-order chi connectivity index (χ1) is 9.34. The summed E-state index contributed by atoms with van der Waals surface area (Å²) < 4.78 is 0. The smallest absolute Gasteiger partial charge is 0.0376 e. The molecule has 1 fully saturated rings. The molecule has 0 saturated heterocycles. The normalized spacial score (nSPS) is 23.4. The van der Waals surface area contributed by atoms with Gasteiger partial charge in [-0.15, -0.1) is 0 Å². The van der Waals surface area contributed by atoms with E-state index in [-0.39, 0.29) is 0 Å². The van der Waals surface area contributed by atoms with Crippen LogP contribution in [-0.2, 0) is 0 Å². The highest BCUT2D eigenvalue weighted by atomic mass is 15.1. The average Bonchev–Trinajstić information content (AvgIpc) is 2.89. The molecule has 104 valence electrons. The lowest BCUT2D eigenvalue weighted by molar-refractivity contribution is 0.187. The van der Waals surface area contributed by atoms with Crippen molar-refractivity contribution in [2.24, 2.45) is 0 Å². The van der Waals surface area contributed by atoms with Crippen molar-refractivity contribution >= 4 is 5.69 Å². The highest BCUT2D eigenvalue weighted by Crippen LogP contribution is 2.33. The Morgan fingerprint density at radius 1 is 1.16 bits per heavy atom. The third kappa shape index (κ3) is 2.94. The van der Waals surface area contributed by atoms with Gasteiger partial charge in [-0.25, -0.2) is 0 Å². The second-order valence-electron chi connectivity index (χ2n) is 6.23. The van der Waals surface area contributed by atoms with Crippen LogP contribution in [0.1, 0.15) is 50.0 Å². The van der Waals surface area contributed by atoms with Crippen LogP contribution in [-0.4, -0.2) is 31.1 Å². The van der Waals surface area contributed by atoms with Gasteiger partial charge in [0.05, 0.1) is 0 Å². The highest BCUT2D eigenvalue weighted by molar-refractivity contribution is 5.57. The van der Waals surface area contributed by atoms with E-state index in [9.17, 15) is 0 Å². The number of benzene rings is 1. The maximum Gasteiger partial charge on any atom is 0.0376 e. The fourth-order valence-corrected chi connectivity index (χ4v) is 3.68. The molecule has 1 saturated carbocycles. The lowest BCUT2D eigenvalue weighted by Gasteiger charge is -2.31. The van der Waals surface area contributed by atoms with Gasteiger partial charge in [0.15, 0.2) is 0 Å². The topological polar surface area (TPSA) is 15.3 Å². The molecule has 0 amide bonds. The maximum atomic E-state index is 3.53. The number of rotatable bonds is 4. The van der Waals surface area contributed by atoms with Crippen LogP contribution in [0.3, 0.4) is 0 Å². The van der Waals surface area contributed by atoms with E-state index < -0.39 is 0 Å². The number of hydrogen-bond donors (Lipinski definition) is 1. The van der Waals surface area contributed by atoms with Gasteiger partial charge < -0.3 is 10.2 Å². The minimum atomic E-state index is 0.710. The van der Waals surface area contributed by atoms with Gasteiger partial charge in [0, 0.05) is 24.2 Å². The minimum Gasteiger partial charge on any atom is -0.384 e. The largest absolute Gasteiger partial charge is 0.384 e. The van der Waals surface area contributed by atoms with Crippen molar-refractivity contribution in [1.82, 2.24) is 4.90 Å². The standard InChI is InChI=1S/C17H26N2/c1-19(15-7-3-2-4-8-15)12-11-14-13-18-17-10-6-5-9-16(14)17/h5-6,9-10,14-15,18H,2-4,7-8,11-13H2,1H3. The van der Waals surface area contributed by atoms with Crippen LogP contribution in [0.2, 0.25) is 0 Å². The Balaban J connectivity index is 1.52. The van der Waals surface area contributed by atoms with E-state index in [2.05, 4.69) is 41.5 Å². The molecule has 0 bridgehead atoms. The maximum absolute atomic E-state index is 3.53. The van der Waals surface area contributed by atoms with Gasteiger partial charge in [-0.05, 0) is 44.5 Å². The van der Waals surface area contributed by atoms with Crippen LogP contribution in [0.25, 0.3) is 0 Å². The van der Waals surface area contributed by atoms with Crippen molar-refractivity contribution in [3.8, 4) is 0 Å². The van der Waals surface area contributed by atoms with Crippen LogP contribution in [0.15, 0.2) is 24.3 Å². The SMILES string of the molecule is CN(CCC1CNc2ccccc21)C1CCCCC1. The fraction of sp³-hybridized carbons (Fsp3) is 0.647. The lowest BCUT2D eigenvalue weighted by Crippen LogP contribution is -2.34. The van der Waals surface area contributed by atoms with Crippen molar-refractivity contribution in [3.63, 3.8) is 0 Å². The van der Waals surface area contributed by atoms with Crippen LogP contribution < -0.4 is 5.32 Å². The zero-order valence-electron chi connectivity index (χ0n) is 12.1. The summed E-state index contributed by atoms with van der Waals surface area (Å²) in [5, 5.41) is 3.53. The van der Waals surface area contributed by atoms with Gasteiger partial charge >= 0.3 is 0 Å². The molecular formula is C17H26N2. The molecule has 1 aliphatic carbocycles. The Hall–Kier alpha value is -1.02. The van der Waals surface area contributed by atoms with Gasteiger partial charge in [-0.2, -0.15) is 0 Å².